The molecule has 0 bridgehead atoms. The summed E-state index contributed by atoms with van der Waals surface area (Å²) in [7, 11) is 5.50. The molecule has 0 spiro atoms. The molecule has 0 saturated carbocycles. The van der Waals surface area contributed by atoms with Crippen molar-refractivity contribution in [1.82, 2.24) is 4.90 Å². The molecule has 26 heavy (non-hydrogen) atoms. The first-order chi connectivity index (χ1) is 12.6. The van der Waals surface area contributed by atoms with E-state index in [4.69, 9.17) is 25.5 Å². The quantitative estimate of drug-likeness (QED) is 0.667. The highest BCUT2D eigenvalue weighted by Gasteiger charge is 2.27. The van der Waals surface area contributed by atoms with Gasteiger partial charge in [0, 0.05) is 30.0 Å². The molecule has 3 aromatic rings. The lowest BCUT2D eigenvalue weighted by Crippen LogP contribution is -2.24. The number of hydrogen-bond donors (Lipinski definition) is 0. The summed E-state index contributed by atoms with van der Waals surface area (Å²) in [5.74, 6) is 1.69. The minimum Gasteiger partial charge on any atom is -0.497 e. The van der Waals surface area contributed by atoms with E-state index in [-0.39, 0.29) is 5.92 Å². The largest absolute Gasteiger partial charge is 0.497 e. The van der Waals surface area contributed by atoms with Crippen LogP contribution in [0.25, 0.3) is 11.0 Å². The topological polar surface area (TPSA) is 34.8 Å². The predicted octanol–water partition coefficient (Wildman–Crippen LogP) is 4.72. The Bertz CT molecular complexity index is 950. The second-order valence-corrected chi connectivity index (χ2v) is 7.21. The number of hydrogen-bond acceptors (Lipinski definition) is 4. The van der Waals surface area contributed by atoms with Gasteiger partial charge in [0.2, 0.25) is 0 Å². The second kappa shape index (κ2) is 6.86. The fourth-order valence-corrected chi connectivity index (χ4v) is 4.11. The van der Waals surface area contributed by atoms with Crippen molar-refractivity contribution in [2.75, 3.05) is 34.4 Å². The van der Waals surface area contributed by atoms with Crippen molar-refractivity contribution in [2.24, 2.45) is 0 Å². The van der Waals surface area contributed by atoms with Gasteiger partial charge in [-0.2, -0.15) is 0 Å². The van der Waals surface area contributed by atoms with Crippen molar-refractivity contribution in [1.29, 1.82) is 0 Å². The highest BCUT2D eigenvalue weighted by Crippen LogP contribution is 2.40. The number of rotatable bonds is 3. The van der Waals surface area contributed by atoms with Gasteiger partial charge in [0.1, 0.15) is 17.1 Å². The van der Waals surface area contributed by atoms with Crippen molar-refractivity contribution in [2.45, 2.75) is 12.3 Å². The molecule has 1 aliphatic heterocycles. The smallest absolute Gasteiger partial charge is 0.137 e. The number of methoxy groups -OCH3 is 2. The van der Waals surface area contributed by atoms with Gasteiger partial charge in [0.15, 0.2) is 0 Å². The van der Waals surface area contributed by atoms with Gasteiger partial charge >= 0.3 is 0 Å². The van der Waals surface area contributed by atoms with Gasteiger partial charge in [-0.05, 0) is 54.9 Å². The van der Waals surface area contributed by atoms with E-state index in [9.17, 15) is 0 Å². The van der Waals surface area contributed by atoms with Crippen LogP contribution in [0.4, 0.5) is 0 Å². The molecule has 0 saturated heterocycles. The molecule has 0 aliphatic carbocycles. The zero-order valence-electron chi connectivity index (χ0n) is 15.2. The highest BCUT2D eigenvalue weighted by atomic mass is 35.5. The number of furan rings is 1. The second-order valence-electron chi connectivity index (χ2n) is 6.81. The van der Waals surface area contributed by atoms with E-state index in [0.717, 1.165) is 41.8 Å². The average Bonchev–Trinajstić information content (AvgIpc) is 3.06. The standard InChI is InChI=1S/C21H22ClNO3/c1-23-6-4-13-9-19(22)20(25-3)11-16(13)18(12-23)17-10-15(24-2)8-14-5-7-26-21(14)17/h5,7-11,18H,4,6,12H2,1-3H3. The molecule has 136 valence electrons. The fraction of sp³-hybridized carbons (Fsp3) is 0.333. The molecule has 4 rings (SSSR count). The van der Waals surface area contributed by atoms with E-state index >= 15 is 0 Å². The number of nitrogens with zero attached hydrogens (tertiary/aromatic N) is 1. The SMILES string of the molecule is COc1cc(C2CN(C)CCc3cc(Cl)c(OC)cc32)c2occc2c1. The van der Waals surface area contributed by atoms with Crippen molar-refractivity contribution in [3.05, 3.63) is 58.3 Å². The molecule has 0 amide bonds. The maximum Gasteiger partial charge on any atom is 0.137 e. The van der Waals surface area contributed by atoms with Gasteiger partial charge in [0.05, 0.1) is 25.5 Å². The number of fused-ring (bicyclic) bond motifs is 2. The maximum atomic E-state index is 6.39. The Kier molecular flexibility index (Phi) is 4.55. The van der Waals surface area contributed by atoms with Gasteiger partial charge in [0.25, 0.3) is 0 Å². The first kappa shape index (κ1) is 17.3. The van der Waals surface area contributed by atoms with E-state index in [2.05, 4.69) is 24.1 Å². The predicted molar refractivity (Wildman–Crippen MR) is 104 cm³/mol. The molecule has 2 aromatic carbocycles. The van der Waals surface area contributed by atoms with Crippen LogP contribution in [0.2, 0.25) is 5.02 Å². The van der Waals surface area contributed by atoms with Crippen LogP contribution in [0.1, 0.15) is 22.6 Å². The minimum absolute atomic E-state index is 0.146. The van der Waals surface area contributed by atoms with Gasteiger partial charge < -0.3 is 18.8 Å². The lowest BCUT2D eigenvalue weighted by atomic mass is 9.87. The van der Waals surface area contributed by atoms with Gasteiger partial charge in [-0.1, -0.05) is 11.6 Å². The molecular weight excluding hydrogens is 350 g/mol. The van der Waals surface area contributed by atoms with Gasteiger partial charge in [-0.25, -0.2) is 0 Å². The third-order valence-electron chi connectivity index (χ3n) is 5.21. The molecule has 1 unspecified atom stereocenters. The molecule has 4 nitrogen and oxygen atoms in total. The minimum atomic E-state index is 0.146. The Hall–Kier alpha value is -2.17. The van der Waals surface area contributed by atoms with Crippen LogP contribution in [0.5, 0.6) is 11.5 Å². The van der Waals surface area contributed by atoms with Crippen molar-refractivity contribution in [3.8, 4) is 11.5 Å². The Labute approximate surface area is 158 Å². The maximum absolute atomic E-state index is 6.39. The van der Waals surface area contributed by atoms with Crippen LogP contribution in [-0.4, -0.2) is 39.3 Å². The zero-order valence-corrected chi connectivity index (χ0v) is 16.0. The van der Waals surface area contributed by atoms with Crippen LogP contribution < -0.4 is 9.47 Å². The van der Waals surface area contributed by atoms with Crippen LogP contribution in [0.15, 0.2) is 41.0 Å². The van der Waals surface area contributed by atoms with Crippen LogP contribution >= 0.6 is 11.6 Å². The summed E-state index contributed by atoms with van der Waals surface area (Å²) >= 11 is 6.39. The first-order valence-electron chi connectivity index (χ1n) is 8.70. The van der Waals surface area contributed by atoms with E-state index < -0.39 is 0 Å². The Morgan fingerprint density at radius 3 is 2.73 bits per heavy atom. The van der Waals surface area contributed by atoms with Crippen molar-refractivity contribution >= 4 is 22.6 Å². The third-order valence-corrected chi connectivity index (χ3v) is 5.51. The normalized spacial score (nSPS) is 17.8. The zero-order chi connectivity index (χ0) is 18.3. The number of halogens is 1. The third kappa shape index (κ3) is 2.93. The summed E-state index contributed by atoms with van der Waals surface area (Å²) in [5, 5.41) is 1.71. The van der Waals surface area contributed by atoms with Crippen LogP contribution in [0, 0.1) is 0 Å². The first-order valence-corrected chi connectivity index (χ1v) is 9.08. The fourth-order valence-electron chi connectivity index (χ4n) is 3.84. The molecule has 1 atom stereocenters. The number of ether oxygens (including phenoxy) is 2. The van der Waals surface area contributed by atoms with E-state index in [1.807, 2.05) is 18.2 Å². The summed E-state index contributed by atoms with van der Waals surface area (Å²) in [5.41, 5.74) is 4.53. The van der Waals surface area contributed by atoms with Crippen LogP contribution in [0.3, 0.4) is 0 Å². The van der Waals surface area contributed by atoms with Gasteiger partial charge in [-0.3, -0.25) is 0 Å². The monoisotopic (exact) mass is 371 g/mol. The highest BCUT2D eigenvalue weighted by molar-refractivity contribution is 6.32. The number of likely N-dealkylation sites (N-methyl/N-ethyl adjacent to an activating group) is 1. The van der Waals surface area contributed by atoms with E-state index in [1.54, 1.807) is 20.5 Å². The van der Waals surface area contributed by atoms with Crippen LogP contribution in [-0.2, 0) is 6.42 Å². The summed E-state index contributed by atoms with van der Waals surface area (Å²) < 4.78 is 16.9. The summed E-state index contributed by atoms with van der Waals surface area (Å²) in [4.78, 5) is 2.35. The van der Waals surface area contributed by atoms with E-state index in [0.29, 0.717) is 10.8 Å². The lowest BCUT2D eigenvalue weighted by molar-refractivity contribution is 0.337. The van der Waals surface area contributed by atoms with Crippen molar-refractivity contribution < 1.29 is 13.9 Å². The van der Waals surface area contributed by atoms with E-state index in [1.165, 1.54) is 11.1 Å². The van der Waals surface area contributed by atoms with Crippen molar-refractivity contribution in [3.63, 3.8) is 0 Å². The molecule has 1 aromatic heterocycles. The Morgan fingerprint density at radius 2 is 1.96 bits per heavy atom. The Balaban J connectivity index is 1.95. The molecule has 2 heterocycles. The molecule has 0 radical (unpaired) electrons. The summed E-state index contributed by atoms with van der Waals surface area (Å²) in [6, 6.07) is 10.2. The number of benzene rings is 2. The average molecular weight is 372 g/mol. The Morgan fingerprint density at radius 1 is 1.12 bits per heavy atom. The lowest BCUT2D eigenvalue weighted by Gasteiger charge is -2.23. The molecular formula is C21H22ClNO3. The van der Waals surface area contributed by atoms with Gasteiger partial charge in [-0.15, -0.1) is 0 Å². The summed E-state index contributed by atoms with van der Waals surface area (Å²) in [6.45, 7) is 1.87. The molecule has 0 N–H and O–H groups in total. The molecule has 1 aliphatic rings. The molecule has 0 fully saturated rings. The molecule has 5 heteroatoms. The summed E-state index contributed by atoms with van der Waals surface area (Å²) in [6.07, 6.45) is 2.69.